The van der Waals surface area contributed by atoms with Crippen molar-refractivity contribution in [1.29, 1.82) is 0 Å². The van der Waals surface area contributed by atoms with E-state index in [4.69, 9.17) is 5.73 Å². The van der Waals surface area contributed by atoms with Gasteiger partial charge in [0.2, 0.25) is 26.0 Å². The Kier molecular flexibility index (Phi) is 4.48. The van der Waals surface area contributed by atoms with Crippen LogP contribution in [0.1, 0.15) is 5.56 Å². The molecule has 0 aromatic heterocycles. The predicted molar refractivity (Wildman–Crippen MR) is 91.1 cm³/mol. The first-order valence-electron chi connectivity index (χ1n) is 7.66. The lowest BCUT2D eigenvalue weighted by molar-refractivity contribution is -0.117. The van der Waals surface area contributed by atoms with E-state index >= 15 is 0 Å². The minimum atomic E-state index is -3.64. The molecule has 1 aliphatic heterocycles. The summed E-state index contributed by atoms with van der Waals surface area (Å²) in [6.07, 6.45) is 0.0549. The molecule has 3 N–H and O–H groups in total. The molecule has 136 valence electrons. The number of nitrogens with two attached hydrogens (primary N) is 1. The van der Waals surface area contributed by atoms with Gasteiger partial charge in [-0.3, -0.25) is 4.79 Å². The summed E-state index contributed by atoms with van der Waals surface area (Å²) in [4.78, 5) is 11.0. The molecule has 1 aromatic rings. The first kappa shape index (κ1) is 18.1. The van der Waals surface area contributed by atoms with Crippen LogP contribution in [0.2, 0.25) is 0 Å². The van der Waals surface area contributed by atoms with Crippen molar-refractivity contribution in [2.45, 2.75) is 17.4 Å². The van der Waals surface area contributed by atoms with E-state index in [9.17, 15) is 21.6 Å². The molecule has 1 saturated carbocycles. The van der Waals surface area contributed by atoms with Gasteiger partial charge in [-0.15, -0.1) is 0 Å². The van der Waals surface area contributed by atoms with Gasteiger partial charge in [0.1, 0.15) is 0 Å². The molecule has 1 aromatic carbocycles. The lowest BCUT2D eigenvalue weighted by Gasteiger charge is -2.20. The molecule has 1 aliphatic carbocycles. The maximum absolute atomic E-state index is 12.7. The number of nitrogens with one attached hydrogen (secondary N) is 1. The number of primary amides is 1. The maximum Gasteiger partial charge on any atom is 0.243 e. The van der Waals surface area contributed by atoms with Gasteiger partial charge in [-0.1, -0.05) is 18.7 Å². The highest BCUT2D eigenvalue weighted by Gasteiger charge is 2.59. The Morgan fingerprint density at radius 2 is 1.76 bits per heavy atom. The summed E-state index contributed by atoms with van der Waals surface area (Å²) >= 11 is 0. The topological polar surface area (TPSA) is 127 Å². The molecule has 10 heteroatoms. The average Bonchev–Trinajstić information content (AvgIpc) is 2.96. The molecule has 3 atom stereocenters. The molecule has 2 fully saturated rings. The third kappa shape index (κ3) is 3.61. The van der Waals surface area contributed by atoms with Crippen LogP contribution < -0.4 is 10.5 Å². The quantitative estimate of drug-likeness (QED) is 0.648. The molecule has 1 saturated heterocycles. The van der Waals surface area contributed by atoms with E-state index in [1.807, 2.05) is 0 Å². The third-order valence-corrected chi connectivity index (χ3v) is 7.51. The molecule has 8 nitrogen and oxygen atoms in total. The second-order valence-electron chi connectivity index (χ2n) is 6.29. The molecule has 1 amide bonds. The van der Waals surface area contributed by atoms with Gasteiger partial charge in [0, 0.05) is 24.5 Å². The average molecular weight is 385 g/mol. The first-order valence-corrected chi connectivity index (χ1v) is 10.6. The van der Waals surface area contributed by atoms with Gasteiger partial charge in [0.25, 0.3) is 0 Å². The summed E-state index contributed by atoms with van der Waals surface area (Å²) in [5.74, 6) is -0.513. The lowest BCUT2D eigenvalue weighted by atomic mass is 10.1. The fourth-order valence-corrected chi connectivity index (χ4v) is 5.57. The molecule has 0 spiro atoms. The molecule has 0 radical (unpaired) electrons. The molecule has 25 heavy (non-hydrogen) atoms. The standard InChI is InChI=1S/C15H19N3O5S2/c1-2-24(20,21)17-15-12-8-18(9-13(12)15)25(22,23)11-5-3-10(4-6-11)7-14(16)19/h2-6,12-13,15,17H,1,7-9H2,(H2,16,19)/t12-,13+,15?. The zero-order chi connectivity index (χ0) is 18.4. The summed E-state index contributed by atoms with van der Waals surface area (Å²) in [5, 5.41) is 0.850. The summed E-state index contributed by atoms with van der Waals surface area (Å²) in [6.45, 7) is 3.80. The fourth-order valence-electron chi connectivity index (χ4n) is 3.23. The number of hydrogen-bond acceptors (Lipinski definition) is 5. The highest BCUT2D eigenvalue weighted by molar-refractivity contribution is 7.92. The third-order valence-electron chi connectivity index (χ3n) is 4.62. The summed E-state index contributed by atoms with van der Waals surface area (Å²) in [5.41, 5.74) is 5.76. The SMILES string of the molecule is C=CS(=O)(=O)NC1[C@H]2CN(S(=O)(=O)c3ccc(CC(N)=O)cc3)C[C@@H]12. The smallest absolute Gasteiger partial charge is 0.243 e. The Morgan fingerprint density at radius 1 is 1.20 bits per heavy atom. The highest BCUT2D eigenvalue weighted by atomic mass is 32.2. The Hall–Kier alpha value is -1.75. The van der Waals surface area contributed by atoms with Crippen LogP contribution >= 0.6 is 0 Å². The minimum Gasteiger partial charge on any atom is -0.369 e. The van der Waals surface area contributed by atoms with Crippen molar-refractivity contribution in [2.75, 3.05) is 13.1 Å². The largest absolute Gasteiger partial charge is 0.369 e. The number of rotatable bonds is 7. The fraction of sp³-hybridized carbons (Fsp3) is 0.400. The van der Waals surface area contributed by atoms with Crippen LogP contribution in [0.5, 0.6) is 0 Å². The van der Waals surface area contributed by atoms with Crippen molar-refractivity contribution < 1.29 is 21.6 Å². The van der Waals surface area contributed by atoms with E-state index in [1.54, 1.807) is 12.1 Å². The van der Waals surface area contributed by atoms with Crippen molar-refractivity contribution in [2.24, 2.45) is 17.6 Å². The molecule has 1 heterocycles. The molecule has 3 rings (SSSR count). The van der Waals surface area contributed by atoms with Gasteiger partial charge in [0.15, 0.2) is 0 Å². The van der Waals surface area contributed by atoms with Crippen LogP contribution in [-0.2, 0) is 31.3 Å². The van der Waals surface area contributed by atoms with Gasteiger partial charge in [-0.05, 0) is 29.5 Å². The number of fused-ring (bicyclic) bond motifs is 1. The van der Waals surface area contributed by atoms with E-state index in [0.29, 0.717) is 5.56 Å². The molecule has 1 unspecified atom stereocenters. The van der Waals surface area contributed by atoms with E-state index in [-0.39, 0.29) is 42.3 Å². The number of benzene rings is 1. The maximum atomic E-state index is 12.7. The molecule has 0 bridgehead atoms. The van der Waals surface area contributed by atoms with E-state index in [1.165, 1.54) is 16.4 Å². The van der Waals surface area contributed by atoms with Crippen LogP contribution in [0.3, 0.4) is 0 Å². The Labute approximate surface area is 146 Å². The molecular weight excluding hydrogens is 366 g/mol. The first-order chi connectivity index (χ1) is 11.6. The van der Waals surface area contributed by atoms with E-state index in [0.717, 1.165) is 5.41 Å². The van der Waals surface area contributed by atoms with Crippen molar-refractivity contribution in [3.63, 3.8) is 0 Å². The predicted octanol–water partition coefficient (Wildman–Crippen LogP) is -0.604. The van der Waals surface area contributed by atoms with E-state index in [2.05, 4.69) is 11.3 Å². The lowest BCUT2D eigenvalue weighted by Crippen LogP contribution is -2.36. The number of carbonyl (C=O) groups excluding carboxylic acids is 1. The van der Waals surface area contributed by atoms with E-state index < -0.39 is 26.0 Å². The number of carbonyl (C=O) groups is 1. The number of piperidine rings is 1. The normalized spacial score (nSPS) is 26.2. The van der Waals surface area contributed by atoms with Gasteiger partial charge in [-0.25, -0.2) is 21.6 Å². The van der Waals surface area contributed by atoms with Gasteiger partial charge in [0.05, 0.1) is 11.3 Å². The van der Waals surface area contributed by atoms with Crippen LogP contribution in [0, 0.1) is 11.8 Å². The van der Waals surface area contributed by atoms with Crippen LogP contribution in [-0.4, -0.2) is 46.2 Å². The molecular formula is C15H19N3O5S2. The van der Waals surface area contributed by atoms with Gasteiger partial charge in [-0.2, -0.15) is 4.31 Å². The van der Waals surface area contributed by atoms with Crippen LogP contribution in [0.25, 0.3) is 0 Å². The van der Waals surface area contributed by atoms with Crippen molar-refractivity contribution in [3.05, 3.63) is 41.8 Å². The number of sulfonamides is 2. The Bertz CT molecular complexity index is 897. The molecule has 2 aliphatic rings. The zero-order valence-electron chi connectivity index (χ0n) is 13.3. The van der Waals surface area contributed by atoms with Crippen LogP contribution in [0.4, 0.5) is 0 Å². The van der Waals surface area contributed by atoms with Gasteiger partial charge >= 0.3 is 0 Å². The second-order valence-corrected chi connectivity index (χ2v) is 9.89. The second kappa shape index (κ2) is 6.20. The Balaban J connectivity index is 1.66. The van der Waals surface area contributed by atoms with Crippen LogP contribution in [0.15, 0.2) is 41.1 Å². The Morgan fingerprint density at radius 3 is 2.24 bits per heavy atom. The summed E-state index contributed by atoms with van der Waals surface area (Å²) in [6, 6.07) is 5.81. The number of amides is 1. The van der Waals surface area contributed by atoms with Crippen molar-refractivity contribution in [1.82, 2.24) is 9.03 Å². The minimum absolute atomic E-state index is 0.0152. The summed E-state index contributed by atoms with van der Waals surface area (Å²) in [7, 11) is -7.15. The van der Waals surface area contributed by atoms with Crippen molar-refractivity contribution >= 4 is 26.0 Å². The van der Waals surface area contributed by atoms with Gasteiger partial charge < -0.3 is 5.73 Å². The van der Waals surface area contributed by atoms with Crippen molar-refractivity contribution in [3.8, 4) is 0 Å². The zero-order valence-corrected chi connectivity index (χ0v) is 15.0. The number of hydrogen-bond donors (Lipinski definition) is 2. The monoisotopic (exact) mass is 385 g/mol. The number of nitrogens with zero attached hydrogens (tertiary/aromatic N) is 1. The summed E-state index contributed by atoms with van der Waals surface area (Å²) < 4.78 is 52.2. The highest BCUT2D eigenvalue weighted by Crippen LogP contribution is 2.47.